The highest BCUT2D eigenvalue weighted by molar-refractivity contribution is 6.03. The molecule has 3 nitrogen and oxygen atoms in total. The number of fused-ring (bicyclic) bond motifs is 1. The van der Waals surface area contributed by atoms with Gasteiger partial charge in [0.1, 0.15) is 0 Å². The van der Waals surface area contributed by atoms with Gasteiger partial charge in [-0.1, -0.05) is 18.2 Å². The van der Waals surface area contributed by atoms with Gasteiger partial charge >= 0.3 is 5.97 Å². The Labute approximate surface area is 81.3 Å². The first-order chi connectivity index (χ1) is 6.83. The molecule has 70 valence electrons. The molecule has 1 heterocycles. The molecule has 0 spiro atoms. The van der Waals surface area contributed by atoms with Crippen LogP contribution in [-0.4, -0.2) is 18.1 Å². The third-order valence-corrected chi connectivity index (χ3v) is 2.05. The lowest BCUT2D eigenvalue weighted by molar-refractivity contribution is 0.0603. The van der Waals surface area contributed by atoms with Crippen LogP contribution < -0.4 is 0 Å². The Morgan fingerprint density at radius 3 is 2.86 bits per heavy atom. The van der Waals surface area contributed by atoms with E-state index in [1.54, 1.807) is 12.3 Å². The molecule has 1 aromatic carbocycles. The molecule has 3 heteroatoms. The molecule has 0 saturated heterocycles. The van der Waals surface area contributed by atoms with Crippen LogP contribution in [0.2, 0.25) is 0 Å². The Morgan fingerprint density at radius 1 is 1.29 bits per heavy atom. The summed E-state index contributed by atoms with van der Waals surface area (Å²) in [5, 5.41) is 0.821. The maximum absolute atomic E-state index is 11.4. The van der Waals surface area contributed by atoms with Gasteiger partial charge in [-0.05, 0) is 12.1 Å². The van der Waals surface area contributed by atoms with Crippen LogP contribution in [0.3, 0.4) is 0 Å². The Balaban J connectivity index is 2.71. The largest absolute Gasteiger partial charge is 0.465 e. The van der Waals surface area contributed by atoms with Gasteiger partial charge in [-0.25, -0.2) is 4.79 Å². The van der Waals surface area contributed by atoms with Gasteiger partial charge in [-0.3, -0.25) is 4.98 Å². The van der Waals surface area contributed by atoms with Gasteiger partial charge in [-0.15, -0.1) is 0 Å². The molecule has 2 rings (SSSR count). The highest BCUT2D eigenvalue weighted by Crippen LogP contribution is 2.16. The van der Waals surface area contributed by atoms with Crippen molar-refractivity contribution < 1.29 is 9.53 Å². The van der Waals surface area contributed by atoms with Crippen LogP contribution in [0.4, 0.5) is 0 Å². The lowest BCUT2D eigenvalue weighted by Crippen LogP contribution is -2.02. The minimum absolute atomic E-state index is 0.330. The van der Waals surface area contributed by atoms with Crippen LogP contribution in [0.25, 0.3) is 10.9 Å². The van der Waals surface area contributed by atoms with Crippen molar-refractivity contribution in [1.82, 2.24) is 4.98 Å². The number of methoxy groups -OCH3 is 1. The number of benzene rings is 1. The molecule has 0 aliphatic heterocycles. The second-order valence-electron chi connectivity index (χ2n) is 2.87. The lowest BCUT2D eigenvalue weighted by Gasteiger charge is -2.02. The van der Waals surface area contributed by atoms with E-state index < -0.39 is 0 Å². The Hall–Kier alpha value is -1.90. The lowest BCUT2D eigenvalue weighted by atomic mass is 10.1. The van der Waals surface area contributed by atoms with E-state index in [2.05, 4.69) is 9.72 Å². The van der Waals surface area contributed by atoms with E-state index in [-0.39, 0.29) is 5.97 Å². The van der Waals surface area contributed by atoms with Gasteiger partial charge in [0.05, 0.1) is 18.2 Å². The molecule has 0 atom stereocenters. The number of esters is 1. The number of nitrogens with zero attached hydrogens (tertiary/aromatic N) is 1. The topological polar surface area (TPSA) is 39.2 Å². The zero-order valence-electron chi connectivity index (χ0n) is 7.73. The van der Waals surface area contributed by atoms with E-state index in [0.29, 0.717) is 5.56 Å². The molecule has 0 amide bonds. The van der Waals surface area contributed by atoms with Gasteiger partial charge in [0.25, 0.3) is 0 Å². The molecular formula is C11H9NO2. The summed E-state index contributed by atoms with van der Waals surface area (Å²) < 4.78 is 4.68. The second-order valence-corrected chi connectivity index (χ2v) is 2.87. The van der Waals surface area contributed by atoms with E-state index in [1.165, 1.54) is 7.11 Å². The number of pyridine rings is 1. The highest BCUT2D eigenvalue weighted by atomic mass is 16.5. The first-order valence-electron chi connectivity index (χ1n) is 4.25. The quantitative estimate of drug-likeness (QED) is 0.641. The summed E-state index contributed by atoms with van der Waals surface area (Å²) in [4.78, 5) is 15.5. The average Bonchev–Trinajstić information content (AvgIpc) is 2.27. The predicted molar refractivity (Wildman–Crippen MR) is 53.1 cm³/mol. The summed E-state index contributed by atoms with van der Waals surface area (Å²) in [5.41, 5.74) is 1.36. The van der Waals surface area contributed by atoms with Gasteiger partial charge in [0, 0.05) is 11.6 Å². The molecule has 0 saturated carbocycles. The molecule has 0 N–H and O–H groups in total. The van der Waals surface area contributed by atoms with E-state index in [9.17, 15) is 4.79 Å². The summed E-state index contributed by atoms with van der Waals surface area (Å²) in [7, 11) is 1.37. The fraction of sp³-hybridized carbons (Fsp3) is 0.0909. The van der Waals surface area contributed by atoms with Crippen molar-refractivity contribution in [2.24, 2.45) is 0 Å². The third-order valence-electron chi connectivity index (χ3n) is 2.05. The van der Waals surface area contributed by atoms with Crippen LogP contribution in [0.5, 0.6) is 0 Å². The fourth-order valence-electron chi connectivity index (χ4n) is 1.38. The molecule has 0 unspecified atom stereocenters. The van der Waals surface area contributed by atoms with Crippen LogP contribution >= 0.6 is 0 Å². The van der Waals surface area contributed by atoms with Crippen LogP contribution in [0.1, 0.15) is 10.4 Å². The maximum Gasteiger partial charge on any atom is 0.338 e. The van der Waals surface area contributed by atoms with E-state index >= 15 is 0 Å². The van der Waals surface area contributed by atoms with Crippen LogP contribution in [-0.2, 0) is 4.74 Å². The minimum Gasteiger partial charge on any atom is -0.465 e. The third kappa shape index (κ3) is 1.33. The average molecular weight is 187 g/mol. The van der Waals surface area contributed by atoms with E-state index in [4.69, 9.17) is 0 Å². The van der Waals surface area contributed by atoms with Crippen molar-refractivity contribution in [3.63, 3.8) is 0 Å². The van der Waals surface area contributed by atoms with Crippen LogP contribution in [0.15, 0.2) is 36.5 Å². The summed E-state index contributed by atoms with van der Waals surface area (Å²) in [6.45, 7) is 0. The monoisotopic (exact) mass is 187 g/mol. The normalized spacial score (nSPS) is 10.1. The van der Waals surface area contributed by atoms with Crippen molar-refractivity contribution in [2.45, 2.75) is 0 Å². The number of hydrogen-bond acceptors (Lipinski definition) is 3. The first kappa shape index (κ1) is 8.69. The molecule has 14 heavy (non-hydrogen) atoms. The minimum atomic E-state index is -0.330. The van der Waals surface area contributed by atoms with Gasteiger partial charge < -0.3 is 4.74 Å². The standard InChI is InChI=1S/C11H9NO2/c1-14-11(13)9-6-7-12-10-5-3-2-4-8(9)10/h2-7H,1H3. The number of rotatable bonds is 1. The molecule has 0 radical (unpaired) electrons. The Kier molecular flexibility index (Phi) is 2.14. The van der Waals surface area contributed by atoms with Gasteiger partial charge in [0.2, 0.25) is 0 Å². The molecule has 0 fully saturated rings. The first-order valence-corrected chi connectivity index (χ1v) is 4.25. The zero-order chi connectivity index (χ0) is 9.97. The molecule has 1 aromatic heterocycles. The fourth-order valence-corrected chi connectivity index (χ4v) is 1.38. The predicted octanol–water partition coefficient (Wildman–Crippen LogP) is 2.02. The number of hydrogen-bond donors (Lipinski definition) is 0. The number of para-hydroxylation sites is 1. The van der Waals surface area contributed by atoms with Crippen LogP contribution in [0, 0.1) is 0 Å². The summed E-state index contributed by atoms with van der Waals surface area (Å²) in [5.74, 6) is -0.330. The van der Waals surface area contributed by atoms with Crippen molar-refractivity contribution in [3.8, 4) is 0 Å². The maximum atomic E-state index is 11.4. The summed E-state index contributed by atoms with van der Waals surface area (Å²) in [6.07, 6.45) is 1.61. The van der Waals surface area contributed by atoms with Crippen molar-refractivity contribution in [1.29, 1.82) is 0 Å². The number of aromatic nitrogens is 1. The molecule has 0 aliphatic rings. The zero-order valence-corrected chi connectivity index (χ0v) is 7.73. The molecule has 2 aromatic rings. The molecule has 0 bridgehead atoms. The SMILES string of the molecule is COC(=O)c1ccnc2ccccc12. The number of carbonyl (C=O) groups excluding carboxylic acids is 1. The second kappa shape index (κ2) is 3.46. The Bertz CT molecular complexity index is 474. The number of ether oxygens (including phenoxy) is 1. The summed E-state index contributed by atoms with van der Waals surface area (Å²) >= 11 is 0. The van der Waals surface area contributed by atoms with Crippen molar-refractivity contribution in [3.05, 3.63) is 42.1 Å². The Morgan fingerprint density at radius 2 is 2.07 bits per heavy atom. The van der Waals surface area contributed by atoms with Gasteiger partial charge in [-0.2, -0.15) is 0 Å². The summed E-state index contributed by atoms with van der Waals surface area (Å²) in [6, 6.07) is 9.14. The van der Waals surface area contributed by atoms with E-state index in [1.807, 2.05) is 24.3 Å². The smallest absolute Gasteiger partial charge is 0.338 e. The number of carbonyl (C=O) groups is 1. The molecule has 0 aliphatic carbocycles. The molecular weight excluding hydrogens is 178 g/mol. The van der Waals surface area contributed by atoms with Crippen molar-refractivity contribution >= 4 is 16.9 Å². The highest BCUT2D eigenvalue weighted by Gasteiger charge is 2.09. The van der Waals surface area contributed by atoms with E-state index in [0.717, 1.165) is 10.9 Å². The van der Waals surface area contributed by atoms with Gasteiger partial charge in [0.15, 0.2) is 0 Å². The van der Waals surface area contributed by atoms with Crippen molar-refractivity contribution in [2.75, 3.05) is 7.11 Å².